The summed E-state index contributed by atoms with van der Waals surface area (Å²) >= 11 is 0. The number of hydrogen-bond donors (Lipinski definition) is 3. The Kier molecular flexibility index (Phi) is 4.94. The highest BCUT2D eigenvalue weighted by Crippen LogP contribution is 2.15. The van der Waals surface area contributed by atoms with E-state index in [0.717, 1.165) is 0 Å². The molecular weight excluding hydrogens is 236 g/mol. The molecule has 2 amide bonds. The average molecular weight is 256 g/mol. The summed E-state index contributed by atoms with van der Waals surface area (Å²) in [6.07, 6.45) is 0.284. The van der Waals surface area contributed by atoms with E-state index in [1.165, 1.54) is 0 Å². The van der Waals surface area contributed by atoms with Gasteiger partial charge in [0.2, 0.25) is 11.8 Å². The lowest BCUT2D eigenvalue weighted by atomic mass is 9.93. The summed E-state index contributed by atoms with van der Waals surface area (Å²) in [6, 6.07) is 0. The largest absolute Gasteiger partial charge is 0.409 e. The Labute approximate surface area is 106 Å². The van der Waals surface area contributed by atoms with Crippen molar-refractivity contribution in [3.63, 3.8) is 0 Å². The number of amidine groups is 1. The van der Waals surface area contributed by atoms with Crippen molar-refractivity contribution in [1.82, 2.24) is 10.2 Å². The van der Waals surface area contributed by atoms with E-state index in [-0.39, 0.29) is 30.0 Å². The number of amides is 2. The van der Waals surface area contributed by atoms with Crippen molar-refractivity contribution < 1.29 is 14.8 Å². The molecule has 4 N–H and O–H groups in total. The van der Waals surface area contributed by atoms with Gasteiger partial charge >= 0.3 is 0 Å². The molecule has 102 valence electrons. The summed E-state index contributed by atoms with van der Waals surface area (Å²) < 4.78 is 0. The molecule has 0 radical (unpaired) electrons. The number of carbonyl (C=O) groups excluding carboxylic acids is 2. The van der Waals surface area contributed by atoms with Crippen LogP contribution in [0.25, 0.3) is 0 Å². The molecule has 0 saturated carbocycles. The van der Waals surface area contributed by atoms with Crippen molar-refractivity contribution in [2.24, 2.45) is 22.7 Å². The summed E-state index contributed by atoms with van der Waals surface area (Å²) in [6.45, 7) is 4.92. The Morgan fingerprint density at radius 2 is 2.17 bits per heavy atom. The van der Waals surface area contributed by atoms with Gasteiger partial charge < -0.3 is 21.2 Å². The first-order valence-corrected chi connectivity index (χ1v) is 6.00. The second kappa shape index (κ2) is 6.23. The lowest BCUT2D eigenvalue weighted by Gasteiger charge is -2.26. The van der Waals surface area contributed by atoms with Crippen LogP contribution >= 0.6 is 0 Å². The zero-order valence-electron chi connectivity index (χ0n) is 10.7. The molecule has 7 nitrogen and oxygen atoms in total. The summed E-state index contributed by atoms with van der Waals surface area (Å²) in [4.78, 5) is 25.1. The molecule has 0 aromatic carbocycles. The molecule has 18 heavy (non-hydrogen) atoms. The van der Waals surface area contributed by atoms with Gasteiger partial charge in [-0.15, -0.1) is 0 Å². The van der Waals surface area contributed by atoms with Crippen LogP contribution in [0.5, 0.6) is 0 Å². The lowest BCUT2D eigenvalue weighted by Crippen LogP contribution is -2.45. The van der Waals surface area contributed by atoms with E-state index in [2.05, 4.69) is 10.5 Å². The number of carbonyl (C=O) groups is 2. The van der Waals surface area contributed by atoms with Crippen LogP contribution in [-0.2, 0) is 9.59 Å². The van der Waals surface area contributed by atoms with Crippen molar-refractivity contribution in [2.45, 2.75) is 20.3 Å². The average Bonchev–Trinajstić information content (AvgIpc) is 2.53. The van der Waals surface area contributed by atoms with Gasteiger partial charge in [0.05, 0.1) is 0 Å². The van der Waals surface area contributed by atoms with E-state index in [1.807, 2.05) is 13.8 Å². The van der Waals surface area contributed by atoms with Gasteiger partial charge in [-0.25, -0.2) is 0 Å². The summed E-state index contributed by atoms with van der Waals surface area (Å²) in [5.74, 6) is -1.06. The van der Waals surface area contributed by atoms with Crippen molar-refractivity contribution in [1.29, 1.82) is 0 Å². The van der Waals surface area contributed by atoms with Crippen LogP contribution in [0.2, 0.25) is 0 Å². The van der Waals surface area contributed by atoms with Gasteiger partial charge in [0, 0.05) is 26.1 Å². The Hall–Kier alpha value is -1.79. The van der Waals surface area contributed by atoms with Gasteiger partial charge in [-0.3, -0.25) is 9.59 Å². The standard InChI is InChI=1S/C11H20N4O3/c1-7(2)9(10(12)14-18)11(17)15-5-3-8(16)13-4-6-15/h7,9,18H,3-6H2,1-2H3,(H2,12,14)(H,13,16). The van der Waals surface area contributed by atoms with Crippen molar-refractivity contribution >= 4 is 17.6 Å². The molecule has 7 heteroatoms. The molecule has 0 spiro atoms. The fourth-order valence-electron chi connectivity index (χ4n) is 2.00. The Morgan fingerprint density at radius 1 is 1.50 bits per heavy atom. The van der Waals surface area contributed by atoms with Gasteiger partial charge in [0.15, 0.2) is 5.84 Å². The number of hydrogen-bond acceptors (Lipinski definition) is 4. The highest BCUT2D eigenvalue weighted by Gasteiger charge is 2.31. The molecule has 0 aromatic rings. The molecule has 1 saturated heterocycles. The third kappa shape index (κ3) is 3.35. The molecule has 1 heterocycles. The first-order chi connectivity index (χ1) is 8.47. The maximum atomic E-state index is 12.3. The van der Waals surface area contributed by atoms with Crippen LogP contribution in [0.15, 0.2) is 5.16 Å². The topological polar surface area (TPSA) is 108 Å². The monoisotopic (exact) mass is 256 g/mol. The first-order valence-electron chi connectivity index (χ1n) is 6.00. The van der Waals surface area contributed by atoms with Gasteiger partial charge in [-0.05, 0) is 5.92 Å². The van der Waals surface area contributed by atoms with E-state index >= 15 is 0 Å². The number of oxime groups is 1. The second-order valence-electron chi connectivity index (χ2n) is 4.67. The molecule has 0 aromatic heterocycles. The normalized spacial score (nSPS) is 19.4. The SMILES string of the molecule is CC(C)C(C(=O)N1CCNC(=O)CC1)C(N)=NO. The van der Waals surface area contributed by atoms with Crippen LogP contribution in [0.3, 0.4) is 0 Å². The minimum absolute atomic E-state index is 0.0600. The summed E-state index contributed by atoms with van der Waals surface area (Å²) in [5.41, 5.74) is 5.56. The Bertz CT molecular complexity index is 354. The lowest BCUT2D eigenvalue weighted by molar-refractivity contribution is -0.134. The van der Waals surface area contributed by atoms with Gasteiger partial charge in [-0.2, -0.15) is 0 Å². The number of nitrogens with zero attached hydrogens (tertiary/aromatic N) is 2. The van der Waals surface area contributed by atoms with Gasteiger partial charge in [-0.1, -0.05) is 19.0 Å². The van der Waals surface area contributed by atoms with E-state index in [0.29, 0.717) is 19.6 Å². The number of rotatable bonds is 3. The second-order valence-corrected chi connectivity index (χ2v) is 4.67. The Balaban J connectivity index is 2.79. The minimum atomic E-state index is -0.650. The van der Waals surface area contributed by atoms with Crippen LogP contribution < -0.4 is 11.1 Å². The van der Waals surface area contributed by atoms with E-state index in [1.54, 1.807) is 4.90 Å². The molecule has 0 bridgehead atoms. The van der Waals surface area contributed by atoms with Gasteiger partial charge in [0.1, 0.15) is 5.92 Å². The van der Waals surface area contributed by atoms with E-state index in [9.17, 15) is 9.59 Å². The third-order valence-electron chi connectivity index (χ3n) is 2.99. The fourth-order valence-corrected chi connectivity index (χ4v) is 2.00. The predicted molar refractivity (Wildman–Crippen MR) is 65.9 cm³/mol. The molecule has 1 fully saturated rings. The zero-order valence-corrected chi connectivity index (χ0v) is 10.7. The summed E-state index contributed by atoms with van der Waals surface area (Å²) in [5, 5.41) is 14.4. The fraction of sp³-hybridized carbons (Fsp3) is 0.727. The Morgan fingerprint density at radius 3 is 2.72 bits per heavy atom. The predicted octanol–water partition coefficient (Wildman–Crippen LogP) is -0.646. The van der Waals surface area contributed by atoms with Crippen LogP contribution in [0.1, 0.15) is 20.3 Å². The highest BCUT2D eigenvalue weighted by molar-refractivity contribution is 6.02. The van der Waals surface area contributed by atoms with E-state index in [4.69, 9.17) is 10.9 Å². The quantitative estimate of drug-likeness (QED) is 0.270. The maximum Gasteiger partial charge on any atom is 0.233 e. The van der Waals surface area contributed by atoms with Gasteiger partial charge in [0.25, 0.3) is 0 Å². The highest BCUT2D eigenvalue weighted by atomic mass is 16.4. The third-order valence-corrected chi connectivity index (χ3v) is 2.99. The molecule has 1 rings (SSSR count). The first kappa shape index (κ1) is 14.3. The molecule has 1 aliphatic rings. The number of nitrogens with two attached hydrogens (primary N) is 1. The minimum Gasteiger partial charge on any atom is -0.409 e. The summed E-state index contributed by atoms with van der Waals surface area (Å²) in [7, 11) is 0. The van der Waals surface area contributed by atoms with E-state index < -0.39 is 5.92 Å². The zero-order chi connectivity index (χ0) is 13.7. The molecule has 0 aliphatic carbocycles. The smallest absolute Gasteiger partial charge is 0.233 e. The van der Waals surface area contributed by atoms with Crippen molar-refractivity contribution in [3.8, 4) is 0 Å². The molecule has 1 unspecified atom stereocenters. The van der Waals surface area contributed by atoms with Crippen LogP contribution in [-0.4, -0.2) is 47.4 Å². The number of nitrogens with one attached hydrogen (secondary N) is 1. The van der Waals surface area contributed by atoms with Crippen molar-refractivity contribution in [3.05, 3.63) is 0 Å². The van der Waals surface area contributed by atoms with Crippen LogP contribution in [0.4, 0.5) is 0 Å². The molecule has 1 atom stereocenters. The molecule has 1 aliphatic heterocycles. The van der Waals surface area contributed by atoms with Crippen molar-refractivity contribution in [2.75, 3.05) is 19.6 Å². The van der Waals surface area contributed by atoms with Crippen LogP contribution in [0, 0.1) is 11.8 Å². The molecular formula is C11H20N4O3. The maximum absolute atomic E-state index is 12.3.